The number of unbranched alkanes of at least 4 members (excludes halogenated alkanes) is 1. The fourth-order valence-electron chi connectivity index (χ4n) is 2.00. The van der Waals surface area contributed by atoms with Crippen LogP contribution in [0, 0.1) is 0 Å². The highest BCUT2D eigenvalue weighted by Crippen LogP contribution is 2.17. The average molecular weight is 265 g/mol. The van der Waals surface area contributed by atoms with Gasteiger partial charge in [-0.2, -0.15) is 0 Å². The summed E-state index contributed by atoms with van der Waals surface area (Å²) in [5, 5.41) is 3.49. The van der Waals surface area contributed by atoms with E-state index in [1.807, 2.05) is 12.1 Å². The van der Waals surface area contributed by atoms with E-state index in [0.717, 1.165) is 30.6 Å². The monoisotopic (exact) mass is 265 g/mol. The number of hydrogen-bond donors (Lipinski definition) is 2. The summed E-state index contributed by atoms with van der Waals surface area (Å²) in [7, 11) is 0. The molecular weight excluding hydrogens is 242 g/mol. The molecule has 100 valence electrons. The molecule has 1 rings (SSSR count). The van der Waals surface area contributed by atoms with Crippen molar-refractivity contribution in [1.82, 2.24) is 4.98 Å². The van der Waals surface area contributed by atoms with Crippen molar-refractivity contribution < 1.29 is 0 Å². The van der Waals surface area contributed by atoms with Crippen LogP contribution in [0.15, 0.2) is 18.3 Å². The maximum atomic E-state index is 5.72. The molecule has 18 heavy (non-hydrogen) atoms. The van der Waals surface area contributed by atoms with E-state index in [2.05, 4.69) is 24.1 Å². The molecule has 1 heterocycles. The Morgan fingerprint density at radius 3 is 2.78 bits per heavy atom. The van der Waals surface area contributed by atoms with Crippen molar-refractivity contribution in [2.75, 3.05) is 5.32 Å². The molecule has 3 nitrogen and oxygen atoms in total. The Labute approximate surface area is 115 Å². The van der Waals surface area contributed by atoms with Gasteiger partial charge in [0.05, 0.1) is 5.56 Å². The van der Waals surface area contributed by atoms with Gasteiger partial charge in [-0.3, -0.25) is 0 Å². The quantitative estimate of drug-likeness (QED) is 0.706. The van der Waals surface area contributed by atoms with Gasteiger partial charge in [-0.15, -0.1) is 0 Å². The standard InChI is InChI=1S/C14H23N3S/c1-3-5-8-11(7-4-2)17-14-12(13(15)18)9-6-10-16-14/h6,9-11H,3-5,7-8H2,1-2H3,(H2,15,18)(H,16,17). The molecule has 1 aromatic rings. The first-order valence-electron chi connectivity index (χ1n) is 6.70. The number of hydrogen-bond acceptors (Lipinski definition) is 3. The van der Waals surface area contributed by atoms with Crippen molar-refractivity contribution in [3.8, 4) is 0 Å². The summed E-state index contributed by atoms with van der Waals surface area (Å²) in [6.45, 7) is 4.41. The van der Waals surface area contributed by atoms with E-state index in [4.69, 9.17) is 18.0 Å². The topological polar surface area (TPSA) is 50.9 Å². The lowest BCUT2D eigenvalue weighted by Gasteiger charge is -2.20. The third-order valence-electron chi connectivity index (χ3n) is 2.96. The highest BCUT2D eigenvalue weighted by molar-refractivity contribution is 7.80. The molecule has 1 aromatic heterocycles. The third kappa shape index (κ3) is 4.61. The molecule has 0 saturated heterocycles. The molecule has 0 bridgehead atoms. The second kappa shape index (κ2) is 8.03. The minimum Gasteiger partial charge on any atom is -0.389 e. The SMILES string of the molecule is CCCCC(CCC)Nc1ncccc1C(N)=S. The molecule has 0 aliphatic carbocycles. The molecule has 0 saturated carbocycles. The van der Waals surface area contributed by atoms with E-state index in [1.54, 1.807) is 6.20 Å². The second-order valence-corrected chi connectivity index (χ2v) is 4.98. The van der Waals surface area contributed by atoms with E-state index in [-0.39, 0.29) is 0 Å². The van der Waals surface area contributed by atoms with Crippen LogP contribution in [0.1, 0.15) is 51.5 Å². The van der Waals surface area contributed by atoms with Crippen molar-refractivity contribution in [3.63, 3.8) is 0 Å². The van der Waals surface area contributed by atoms with Gasteiger partial charge in [-0.05, 0) is 25.0 Å². The first-order valence-corrected chi connectivity index (χ1v) is 7.11. The van der Waals surface area contributed by atoms with Crippen LogP contribution in [0.25, 0.3) is 0 Å². The van der Waals surface area contributed by atoms with Gasteiger partial charge >= 0.3 is 0 Å². The fraction of sp³-hybridized carbons (Fsp3) is 0.571. The van der Waals surface area contributed by atoms with Gasteiger partial charge in [0.2, 0.25) is 0 Å². The molecule has 0 aromatic carbocycles. The maximum absolute atomic E-state index is 5.72. The van der Waals surface area contributed by atoms with E-state index < -0.39 is 0 Å². The average Bonchev–Trinajstić information content (AvgIpc) is 2.36. The highest BCUT2D eigenvalue weighted by Gasteiger charge is 2.11. The minimum atomic E-state index is 0.399. The number of nitrogens with one attached hydrogen (secondary N) is 1. The number of anilines is 1. The van der Waals surface area contributed by atoms with Gasteiger partial charge in [-0.1, -0.05) is 45.3 Å². The summed E-state index contributed by atoms with van der Waals surface area (Å²) >= 11 is 5.05. The number of nitrogens with two attached hydrogens (primary N) is 1. The van der Waals surface area contributed by atoms with E-state index in [9.17, 15) is 0 Å². The zero-order chi connectivity index (χ0) is 13.4. The van der Waals surface area contributed by atoms with Gasteiger partial charge in [0, 0.05) is 12.2 Å². The predicted octanol–water partition coefficient (Wildman–Crippen LogP) is 3.49. The summed E-state index contributed by atoms with van der Waals surface area (Å²) in [6.07, 6.45) is 7.69. The molecule has 0 aliphatic heterocycles. The molecule has 0 amide bonds. The second-order valence-electron chi connectivity index (χ2n) is 4.54. The first kappa shape index (κ1) is 14.9. The van der Waals surface area contributed by atoms with Gasteiger partial charge < -0.3 is 11.1 Å². The lowest BCUT2D eigenvalue weighted by molar-refractivity contribution is 0.563. The van der Waals surface area contributed by atoms with Gasteiger partial charge in [0.15, 0.2) is 0 Å². The molecule has 3 N–H and O–H groups in total. The molecule has 0 radical (unpaired) electrons. The van der Waals surface area contributed by atoms with E-state index >= 15 is 0 Å². The van der Waals surface area contributed by atoms with Gasteiger partial charge in [-0.25, -0.2) is 4.98 Å². The number of thiocarbonyl (C=S) groups is 1. The Morgan fingerprint density at radius 2 is 2.17 bits per heavy atom. The molecule has 1 unspecified atom stereocenters. The van der Waals surface area contributed by atoms with Crippen LogP contribution in [-0.4, -0.2) is 16.0 Å². The van der Waals surface area contributed by atoms with Crippen molar-refractivity contribution in [2.24, 2.45) is 5.73 Å². The van der Waals surface area contributed by atoms with Gasteiger partial charge in [0.25, 0.3) is 0 Å². The minimum absolute atomic E-state index is 0.399. The van der Waals surface area contributed by atoms with Crippen molar-refractivity contribution in [3.05, 3.63) is 23.9 Å². The molecule has 4 heteroatoms. The van der Waals surface area contributed by atoms with E-state index in [0.29, 0.717) is 11.0 Å². The number of rotatable bonds is 8. The fourth-order valence-corrected chi connectivity index (χ4v) is 2.16. The zero-order valence-corrected chi connectivity index (χ0v) is 12.1. The van der Waals surface area contributed by atoms with Crippen LogP contribution in [-0.2, 0) is 0 Å². The van der Waals surface area contributed by atoms with Crippen LogP contribution in [0.3, 0.4) is 0 Å². The van der Waals surface area contributed by atoms with Crippen LogP contribution in [0.5, 0.6) is 0 Å². The van der Waals surface area contributed by atoms with Crippen LogP contribution in [0.4, 0.5) is 5.82 Å². The summed E-state index contributed by atoms with van der Waals surface area (Å²) in [4.78, 5) is 4.75. The molecule has 0 aliphatic rings. The predicted molar refractivity (Wildman–Crippen MR) is 82.0 cm³/mol. The van der Waals surface area contributed by atoms with E-state index in [1.165, 1.54) is 12.8 Å². The molecule has 0 fully saturated rings. The Bertz CT molecular complexity index is 379. The van der Waals surface area contributed by atoms with Crippen molar-refractivity contribution in [1.29, 1.82) is 0 Å². The Balaban J connectivity index is 2.76. The molecule has 1 atom stereocenters. The molecule has 0 spiro atoms. The first-order chi connectivity index (χ1) is 8.69. The summed E-state index contributed by atoms with van der Waals surface area (Å²) in [5.41, 5.74) is 6.55. The summed E-state index contributed by atoms with van der Waals surface area (Å²) < 4.78 is 0. The number of pyridine rings is 1. The van der Waals surface area contributed by atoms with Crippen LogP contribution in [0.2, 0.25) is 0 Å². The zero-order valence-electron chi connectivity index (χ0n) is 11.3. The van der Waals surface area contributed by atoms with Crippen molar-refractivity contribution >= 4 is 23.0 Å². The lowest BCUT2D eigenvalue weighted by Crippen LogP contribution is -2.23. The van der Waals surface area contributed by atoms with Crippen LogP contribution >= 0.6 is 12.2 Å². The van der Waals surface area contributed by atoms with Crippen molar-refractivity contribution in [2.45, 2.75) is 52.0 Å². The summed E-state index contributed by atoms with van der Waals surface area (Å²) in [5.74, 6) is 0.819. The maximum Gasteiger partial charge on any atom is 0.136 e. The lowest BCUT2D eigenvalue weighted by atomic mass is 10.0. The Morgan fingerprint density at radius 1 is 1.39 bits per heavy atom. The Hall–Kier alpha value is -1.16. The van der Waals surface area contributed by atoms with Crippen LogP contribution < -0.4 is 11.1 Å². The smallest absolute Gasteiger partial charge is 0.136 e. The number of aromatic nitrogens is 1. The summed E-state index contributed by atoms with van der Waals surface area (Å²) in [6, 6.07) is 4.24. The normalized spacial score (nSPS) is 12.1. The highest BCUT2D eigenvalue weighted by atomic mass is 32.1. The van der Waals surface area contributed by atoms with Gasteiger partial charge in [0.1, 0.15) is 10.8 Å². The molecular formula is C14H23N3S. The number of nitrogens with zero attached hydrogens (tertiary/aromatic N) is 1. The largest absolute Gasteiger partial charge is 0.389 e. The third-order valence-corrected chi connectivity index (χ3v) is 3.18. The Kier molecular flexibility index (Phi) is 6.65.